The highest BCUT2D eigenvalue weighted by molar-refractivity contribution is 5.77. The molecule has 0 atom stereocenters. The number of Topliss-reactive ketones (excluding diaryl/α,β-unsaturated/α-hetero) is 1. The summed E-state index contributed by atoms with van der Waals surface area (Å²) >= 11 is 0. The lowest BCUT2D eigenvalue weighted by atomic mass is 10.0. The topological polar surface area (TPSA) is 32.3 Å². The van der Waals surface area contributed by atoms with Crippen LogP contribution in [0.15, 0.2) is 0 Å². The Labute approximate surface area is 86.9 Å². The van der Waals surface area contributed by atoms with Crippen LogP contribution < -0.4 is 5.32 Å². The smallest absolute Gasteiger partial charge is 0.143 e. The fourth-order valence-electron chi connectivity index (χ4n) is 2.14. The molecule has 1 aliphatic rings. The average molecular weight is 198 g/mol. The molecule has 82 valence electrons. The molecule has 1 aliphatic heterocycles. The average Bonchev–Trinajstić information content (AvgIpc) is 2.18. The molecule has 3 heteroatoms. The van der Waals surface area contributed by atoms with Gasteiger partial charge in [0.1, 0.15) is 5.78 Å². The number of carbonyl (C=O) groups excluding carboxylic acids is 1. The molecule has 0 aromatic rings. The zero-order valence-electron chi connectivity index (χ0n) is 9.38. The van der Waals surface area contributed by atoms with Crippen LogP contribution in [0.5, 0.6) is 0 Å². The highest BCUT2D eigenvalue weighted by Crippen LogP contribution is 2.11. The minimum atomic E-state index is 0.289. The Morgan fingerprint density at radius 3 is 2.57 bits per heavy atom. The van der Waals surface area contributed by atoms with Crippen molar-refractivity contribution in [3.05, 3.63) is 0 Å². The summed E-state index contributed by atoms with van der Waals surface area (Å²) in [6, 6.07) is 0.625. The number of carbonyl (C=O) groups is 1. The fraction of sp³-hybridized carbons (Fsp3) is 0.909. The van der Waals surface area contributed by atoms with Crippen molar-refractivity contribution in [3.63, 3.8) is 0 Å². The van der Waals surface area contributed by atoms with E-state index >= 15 is 0 Å². The second-order valence-corrected chi connectivity index (χ2v) is 4.15. The zero-order valence-corrected chi connectivity index (χ0v) is 9.38. The third-order valence-corrected chi connectivity index (χ3v) is 2.76. The summed E-state index contributed by atoms with van der Waals surface area (Å²) in [5, 5.41) is 3.35. The maximum Gasteiger partial charge on any atom is 0.143 e. The van der Waals surface area contributed by atoms with Gasteiger partial charge >= 0.3 is 0 Å². The predicted molar refractivity (Wildman–Crippen MR) is 58.4 cm³/mol. The van der Waals surface area contributed by atoms with E-state index in [1.54, 1.807) is 6.92 Å². The molecule has 0 spiro atoms. The molecule has 0 saturated carbocycles. The Balaban J connectivity index is 2.42. The predicted octanol–water partition coefficient (Wildman–Crippen LogP) is 1.04. The third kappa shape index (κ3) is 3.76. The Kier molecular flexibility index (Phi) is 5.12. The van der Waals surface area contributed by atoms with Crippen molar-refractivity contribution in [2.45, 2.75) is 39.2 Å². The Bertz CT molecular complexity index is 176. The molecule has 0 aliphatic carbocycles. The molecule has 1 N–H and O–H groups in total. The summed E-state index contributed by atoms with van der Waals surface area (Å²) in [6.45, 7) is 7.76. The van der Waals surface area contributed by atoms with Crippen LogP contribution >= 0.6 is 0 Å². The van der Waals surface area contributed by atoms with Gasteiger partial charge in [-0.1, -0.05) is 6.92 Å². The second-order valence-electron chi connectivity index (χ2n) is 4.15. The van der Waals surface area contributed by atoms with Gasteiger partial charge in [-0.2, -0.15) is 0 Å². The summed E-state index contributed by atoms with van der Waals surface area (Å²) in [4.78, 5) is 13.5. The summed E-state index contributed by atoms with van der Waals surface area (Å²) in [7, 11) is 0. The SMILES string of the molecule is CCCN(CC(C)=O)C1CCNCC1. The maximum atomic E-state index is 11.1. The normalized spacial score (nSPS) is 18.8. The van der Waals surface area contributed by atoms with Gasteiger partial charge in [0.15, 0.2) is 0 Å². The fourth-order valence-corrected chi connectivity index (χ4v) is 2.14. The molecule has 1 fully saturated rings. The zero-order chi connectivity index (χ0) is 10.4. The number of ketones is 1. The van der Waals surface area contributed by atoms with E-state index in [1.807, 2.05) is 0 Å². The molecule has 0 unspecified atom stereocenters. The van der Waals surface area contributed by atoms with E-state index in [4.69, 9.17) is 0 Å². The van der Waals surface area contributed by atoms with E-state index in [2.05, 4.69) is 17.1 Å². The molecule has 1 saturated heterocycles. The van der Waals surface area contributed by atoms with E-state index in [0.717, 1.165) is 26.1 Å². The van der Waals surface area contributed by atoms with Crippen LogP contribution in [0, 0.1) is 0 Å². The Morgan fingerprint density at radius 1 is 1.43 bits per heavy atom. The van der Waals surface area contributed by atoms with Crippen LogP contribution in [0.1, 0.15) is 33.1 Å². The maximum absolute atomic E-state index is 11.1. The van der Waals surface area contributed by atoms with E-state index in [9.17, 15) is 4.79 Å². The molecule has 0 aromatic carbocycles. The van der Waals surface area contributed by atoms with E-state index < -0.39 is 0 Å². The van der Waals surface area contributed by atoms with Crippen molar-refractivity contribution in [2.75, 3.05) is 26.2 Å². The number of hydrogen-bond acceptors (Lipinski definition) is 3. The highest BCUT2D eigenvalue weighted by atomic mass is 16.1. The highest BCUT2D eigenvalue weighted by Gasteiger charge is 2.20. The van der Waals surface area contributed by atoms with Gasteiger partial charge < -0.3 is 5.32 Å². The van der Waals surface area contributed by atoms with Crippen molar-refractivity contribution >= 4 is 5.78 Å². The molecule has 0 radical (unpaired) electrons. The molecular formula is C11H22N2O. The Morgan fingerprint density at radius 2 is 2.07 bits per heavy atom. The monoisotopic (exact) mass is 198 g/mol. The van der Waals surface area contributed by atoms with E-state index in [-0.39, 0.29) is 5.78 Å². The van der Waals surface area contributed by atoms with Crippen LogP contribution in [0.2, 0.25) is 0 Å². The van der Waals surface area contributed by atoms with Crippen molar-refractivity contribution in [2.24, 2.45) is 0 Å². The van der Waals surface area contributed by atoms with E-state index in [1.165, 1.54) is 12.8 Å². The number of piperidine rings is 1. The van der Waals surface area contributed by atoms with Crippen LogP contribution in [0.4, 0.5) is 0 Å². The number of nitrogens with zero attached hydrogens (tertiary/aromatic N) is 1. The van der Waals surface area contributed by atoms with Crippen LogP contribution in [0.3, 0.4) is 0 Å². The Hall–Kier alpha value is -0.410. The second kappa shape index (κ2) is 6.14. The van der Waals surface area contributed by atoms with Gasteiger partial charge in [-0.15, -0.1) is 0 Å². The summed E-state index contributed by atoms with van der Waals surface area (Å²) < 4.78 is 0. The molecule has 0 bridgehead atoms. The number of rotatable bonds is 5. The van der Waals surface area contributed by atoms with Gasteiger partial charge in [0.2, 0.25) is 0 Å². The molecule has 3 nitrogen and oxygen atoms in total. The van der Waals surface area contributed by atoms with E-state index in [0.29, 0.717) is 12.6 Å². The third-order valence-electron chi connectivity index (χ3n) is 2.76. The summed E-state index contributed by atoms with van der Waals surface area (Å²) in [5.74, 6) is 0.289. The standard InChI is InChI=1S/C11H22N2O/c1-3-8-13(9-10(2)14)11-4-6-12-7-5-11/h11-12H,3-9H2,1-2H3. The first-order chi connectivity index (χ1) is 6.74. The molecule has 1 heterocycles. The quantitative estimate of drug-likeness (QED) is 0.716. The van der Waals surface area contributed by atoms with Crippen LogP contribution in [0.25, 0.3) is 0 Å². The summed E-state index contributed by atoms with van der Waals surface area (Å²) in [5.41, 5.74) is 0. The minimum absolute atomic E-state index is 0.289. The lowest BCUT2D eigenvalue weighted by Crippen LogP contribution is -2.45. The van der Waals surface area contributed by atoms with Crippen molar-refractivity contribution in [1.29, 1.82) is 0 Å². The van der Waals surface area contributed by atoms with Gasteiger partial charge in [-0.25, -0.2) is 0 Å². The van der Waals surface area contributed by atoms with Crippen molar-refractivity contribution in [3.8, 4) is 0 Å². The van der Waals surface area contributed by atoms with Crippen LogP contribution in [-0.2, 0) is 4.79 Å². The van der Waals surface area contributed by atoms with Gasteiger partial charge in [-0.05, 0) is 45.8 Å². The van der Waals surface area contributed by atoms with Gasteiger partial charge in [0, 0.05) is 6.04 Å². The lowest BCUT2D eigenvalue weighted by molar-refractivity contribution is -0.118. The van der Waals surface area contributed by atoms with Gasteiger partial charge in [0.05, 0.1) is 6.54 Å². The van der Waals surface area contributed by atoms with Gasteiger partial charge in [-0.3, -0.25) is 9.69 Å². The molecule has 0 amide bonds. The molecule has 0 aromatic heterocycles. The number of nitrogens with one attached hydrogen (secondary N) is 1. The first kappa shape index (κ1) is 11.7. The number of hydrogen-bond donors (Lipinski definition) is 1. The first-order valence-electron chi connectivity index (χ1n) is 5.68. The molecule has 14 heavy (non-hydrogen) atoms. The molecule has 1 rings (SSSR count). The van der Waals surface area contributed by atoms with Gasteiger partial charge in [0.25, 0.3) is 0 Å². The first-order valence-corrected chi connectivity index (χ1v) is 5.68. The largest absolute Gasteiger partial charge is 0.317 e. The van der Waals surface area contributed by atoms with Crippen LogP contribution in [-0.4, -0.2) is 42.9 Å². The lowest BCUT2D eigenvalue weighted by Gasteiger charge is -2.33. The minimum Gasteiger partial charge on any atom is -0.317 e. The molecular weight excluding hydrogens is 176 g/mol. The van der Waals surface area contributed by atoms with Crippen molar-refractivity contribution in [1.82, 2.24) is 10.2 Å². The van der Waals surface area contributed by atoms with Crippen molar-refractivity contribution < 1.29 is 4.79 Å². The summed E-state index contributed by atoms with van der Waals surface area (Å²) in [6.07, 6.45) is 3.51.